The van der Waals surface area contributed by atoms with E-state index in [2.05, 4.69) is 4.74 Å². The van der Waals surface area contributed by atoms with Gasteiger partial charge in [0, 0.05) is 13.0 Å². The van der Waals surface area contributed by atoms with E-state index in [4.69, 9.17) is 5.11 Å². The number of carbonyl (C=O) groups is 2. The molecule has 104 valence electrons. The molecule has 0 aromatic heterocycles. The Balaban J connectivity index is 2.78. The Morgan fingerprint density at radius 2 is 2.06 bits per heavy atom. The lowest BCUT2D eigenvalue weighted by atomic mass is 10.1. The number of esters is 1. The van der Waals surface area contributed by atoms with E-state index in [0.717, 1.165) is 4.31 Å². The highest BCUT2D eigenvalue weighted by Crippen LogP contribution is 2.20. The molecule has 1 aliphatic heterocycles. The summed E-state index contributed by atoms with van der Waals surface area (Å²) in [5, 5.41) is 9.09. The minimum absolute atomic E-state index is 0.0327. The number of carboxylic acids is 1. The summed E-state index contributed by atoms with van der Waals surface area (Å²) in [6.45, 7) is 0.195. The molecule has 0 aromatic carbocycles. The minimum Gasteiger partial charge on any atom is -0.480 e. The van der Waals surface area contributed by atoms with Crippen LogP contribution in [0, 0.1) is 0 Å². The molecule has 18 heavy (non-hydrogen) atoms. The van der Waals surface area contributed by atoms with Gasteiger partial charge in [-0.2, -0.15) is 4.31 Å². The highest BCUT2D eigenvalue weighted by Gasteiger charge is 2.36. The number of methoxy groups -OCH3 is 1. The molecule has 1 N–H and O–H groups in total. The zero-order valence-electron chi connectivity index (χ0n) is 10.2. The summed E-state index contributed by atoms with van der Waals surface area (Å²) in [5.41, 5.74) is 0. The van der Waals surface area contributed by atoms with E-state index in [0.29, 0.717) is 12.8 Å². The maximum atomic E-state index is 11.8. The van der Waals surface area contributed by atoms with Gasteiger partial charge in [-0.25, -0.2) is 8.42 Å². The lowest BCUT2D eigenvalue weighted by molar-refractivity contribution is -0.143. The van der Waals surface area contributed by atoms with Crippen molar-refractivity contribution >= 4 is 22.0 Å². The summed E-state index contributed by atoms with van der Waals surface area (Å²) in [5.74, 6) is -1.81. The second kappa shape index (κ2) is 6.14. The molecule has 1 fully saturated rings. The van der Waals surface area contributed by atoms with E-state index >= 15 is 0 Å². The lowest BCUT2D eigenvalue weighted by Crippen LogP contribution is -2.48. The maximum absolute atomic E-state index is 11.8. The van der Waals surface area contributed by atoms with Crippen LogP contribution in [0.5, 0.6) is 0 Å². The largest absolute Gasteiger partial charge is 0.480 e. The predicted molar refractivity (Wildman–Crippen MR) is 62.4 cm³/mol. The van der Waals surface area contributed by atoms with Crippen LogP contribution in [0.4, 0.5) is 0 Å². The zero-order chi connectivity index (χ0) is 13.8. The van der Waals surface area contributed by atoms with E-state index in [1.54, 1.807) is 0 Å². The van der Waals surface area contributed by atoms with Gasteiger partial charge in [0.15, 0.2) is 0 Å². The lowest BCUT2D eigenvalue weighted by Gasteiger charge is -2.31. The molecule has 0 aromatic rings. The number of aliphatic carboxylic acids is 1. The van der Waals surface area contributed by atoms with Crippen LogP contribution in [0.3, 0.4) is 0 Å². The normalized spacial score (nSPS) is 21.2. The molecule has 0 amide bonds. The first-order valence-corrected chi connectivity index (χ1v) is 7.28. The summed E-state index contributed by atoms with van der Waals surface area (Å²) in [6.07, 6.45) is 1.00. The van der Waals surface area contributed by atoms with Gasteiger partial charge in [-0.1, -0.05) is 0 Å². The van der Waals surface area contributed by atoms with Gasteiger partial charge in [-0.3, -0.25) is 9.59 Å². The van der Waals surface area contributed by atoms with Gasteiger partial charge in [0.25, 0.3) is 0 Å². The first kappa shape index (κ1) is 14.9. The van der Waals surface area contributed by atoms with Crippen LogP contribution in [0.25, 0.3) is 0 Å². The van der Waals surface area contributed by atoms with E-state index < -0.39 is 28.0 Å². The van der Waals surface area contributed by atoms with Crippen LogP contribution in [0.2, 0.25) is 0 Å². The van der Waals surface area contributed by atoms with Crippen LogP contribution in [-0.2, 0) is 24.3 Å². The number of carbonyl (C=O) groups excluding carboxylic acids is 1. The maximum Gasteiger partial charge on any atom is 0.322 e. The Morgan fingerprint density at radius 1 is 1.39 bits per heavy atom. The summed E-state index contributed by atoms with van der Waals surface area (Å²) in [6, 6.07) is -1.19. The van der Waals surface area contributed by atoms with Crippen molar-refractivity contribution in [3.05, 3.63) is 0 Å². The van der Waals surface area contributed by atoms with Crippen LogP contribution < -0.4 is 0 Å². The Kier molecular flexibility index (Phi) is 5.09. The molecule has 0 aliphatic carbocycles. The number of carboxylic acid groups (broad SMARTS) is 1. The molecule has 1 rings (SSSR count). The van der Waals surface area contributed by atoms with Crippen molar-refractivity contribution < 1.29 is 27.9 Å². The van der Waals surface area contributed by atoms with Gasteiger partial charge in [0.1, 0.15) is 6.04 Å². The van der Waals surface area contributed by atoms with E-state index in [1.165, 1.54) is 7.11 Å². The molecular formula is C10H17NO6S. The molecule has 0 radical (unpaired) electrons. The summed E-state index contributed by atoms with van der Waals surface area (Å²) in [7, 11) is -2.32. The molecule has 1 atom stereocenters. The third-order valence-corrected chi connectivity index (χ3v) is 4.83. The van der Waals surface area contributed by atoms with E-state index in [-0.39, 0.29) is 25.1 Å². The van der Waals surface area contributed by atoms with E-state index in [9.17, 15) is 18.0 Å². The molecule has 1 heterocycles. The van der Waals surface area contributed by atoms with Crippen LogP contribution in [-0.4, -0.2) is 55.2 Å². The Morgan fingerprint density at radius 3 is 2.56 bits per heavy atom. The Labute approximate surface area is 106 Å². The number of ether oxygens (including phenoxy) is 1. The van der Waals surface area contributed by atoms with Crippen molar-refractivity contribution in [2.24, 2.45) is 0 Å². The third kappa shape index (κ3) is 3.67. The smallest absolute Gasteiger partial charge is 0.322 e. The van der Waals surface area contributed by atoms with Gasteiger partial charge in [0.05, 0.1) is 12.9 Å². The standard InChI is InChI=1S/C10H17NO6S/c1-17-9(12)5-4-8(10(13)14)11-6-2-3-7-18(11,15)16/h8H,2-7H2,1H3,(H,13,14). The van der Waals surface area contributed by atoms with Crippen molar-refractivity contribution in [1.82, 2.24) is 4.31 Å². The topological polar surface area (TPSA) is 101 Å². The monoisotopic (exact) mass is 279 g/mol. The van der Waals surface area contributed by atoms with Crippen LogP contribution in [0.1, 0.15) is 25.7 Å². The second-order valence-electron chi connectivity index (χ2n) is 4.10. The molecule has 0 bridgehead atoms. The first-order valence-electron chi connectivity index (χ1n) is 5.67. The molecule has 0 saturated carbocycles. The molecule has 7 nitrogen and oxygen atoms in total. The van der Waals surface area contributed by atoms with Gasteiger partial charge in [0.2, 0.25) is 10.0 Å². The average Bonchev–Trinajstić information content (AvgIpc) is 2.30. The van der Waals surface area contributed by atoms with Gasteiger partial charge in [-0.05, 0) is 19.3 Å². The first-order chi connectivity index (χ1) is 8.38. The fourth-order valence-corrected chi connectivity index (χ4v) is 3.70. The SMILES string of the molecule is COC(=O)CCC(C(=O)O)N1CCCCS1(=O)=O. The van der Waals surface area contributed by atoms with Gasteiger partial charge in [-0.15, -0.1) is 0 Å². The zero-order valence-corrected chi connectivity index (χ0v) is 11.0. The number of hydrogen-bond donors (Lipinski definition) is 1. The summed E-state index contributed by atoms with van der Waals surface area (Å²) < 4.78 is 29.0. The summed E-state index contributed by atoms with van der Waals surface area (Å²) >= 11 is 0. The van der Waals surface area contributed by atoms with Crippen LogP contribution >= 0.6 is 0 Å². The number of hydrogen-bond acceptors (Lipinski definition) is 5. The van der Waals surface area contributed by atoms with Crippen molar-refractivity contribution in [1.29, 1.82) is 0 Å². The van der Waals surface area contributed by atoms with E-state index in [1.807, 2.05) is 0 Å². The fraction of sp³-hybridized carbons (Fsp3) is 0.800. The molecule has 8 heteroatoms. The van der Waals surface area contributed by atoms with Gasteiger partial charge >= 0.3 is 11.9 Å². The third-order valence-electron chi connectivity index (χ3n) is 2.87. The molecule has 0 spiro atoms. The highest BCUT2D eigenvalue weighted by molar-refractivity contribution is 7.89. The molecule has 1 unspecified atom stereocenters. The highest BCUT2D eigenvalue weighted by atomic mass is 32.2. The van der Waals surface area contributed by atoms with Crippen molar-refractivity contribution in [3.8, 4) is 0 Å². The van der Waals surface area contributed by atoms with Crippen molar-refractivity contribution in [2.45, 2.75) is 31.7 Å². The number of rotatable bonds is 5. The van der Waals surface area contributed by atoms with Crippen molar-refractivity contribution in [2.75, 3.05) is 19.4 Å². The summed E-state index contributed by atoms with van der Waals surface area (Å²) in [4.78, 5) is 22.1. The minimum atomic E-state index is -3.52. The predicted octanol–water partition coefficient (Wildman–Crippen LogP) is -0.182. The Hall–Kier alpha value is -1.15. The van der Waals surface area contributed by atoms with Gasteiger partial charge < -0.3 is 9.84 Å². The quantitative estimate of drug-likeness (QED) is 0.700. The van der Waals surface area contributed by atoms with Crippen molar-refractivity contribution in [3.63, 3.8) is 0 Å². The molecule has 1 aliphatic rings. The average molecular weight is 279 g/mol. The number of nitrogens with zero attached hydrogens (tertiary/aromatic N) is 1. The van der Waals surface area contributed by atoms with Crippen LogP contribution in [0.15, 0.2) is 0 Å². The second-order valence-corrected chi connectivity index (χ2v) is 6.14. The fourth-order valence-electron chi connectivity index (χ4n) is 1.91. The molecular weight excluding hydrogens is 262 g/mol. The number of sulfonamides is 1. The molecule has 1 saturated heterocycles. The Bertz CT molecular complexity index is 418.